The Morgan fingerprint density at radius 1 is 1.23 bits per heavy atom. The van der Waals surface area contributed by atoms with Crippen molar-refractivity contribution in [3.05, 3.63) is 29.8 Å². The van der Waals surface area contributed by atoms with E-state index in [1.54, 1.807) is 6.92 Å². The van der Waals surface area contributed by atoms with E-state index < -0.39 is 12.1 Å². The number of nitrogens with one attached hydrogen (secondary N) is 1. The maximum atomic E-state index is 12.7. The molecule has 1 saturated carbocycles. The summed E-state index contributed by atoms with van der Waals surface area (Å²) < 4.78 is 11.1. The molecule has 1 atom stereocenters. The SMILES string of the molecule is CCOC(Cc1ccc(OCCN(CC2CCC2)C(=O)NCC(C)(C)C)cc1)C(=O)O. The average Bonchev–Trinajstić information content (AvgIpc) is 2.67. The molecule has 0 heterocycles. The number of nitrogens with zero attached hydrogens (tertiary/aromatic N) is 1. The van der Waals surface area contributed by atoms with E-state index in [2.05, 4.69) is 26.1 Å². The molecule has 31 heavy (non-hydrogen) atoms. The Balaban J connectivity index is 1.84. The molecular formula is C24H38N2O5. The highest BCUT2D eigenvalue weighted by molar-refractivity contribution is 5.74. The number of benzene rings is 1. The Labute approximate surface area is 186 Å². The number of carboxylic acids is 1. The lowest BCUT2D eigenvalue weighted by atomic mass is 9.85. The monoisotopic (exact) mass is 434 g/mol. The summed E-state index contributed by atoms with van der Waals surface area (Å²) in [6.45, 7) is 10.8. The van der Waals surface area contributed by atoms with Gasteiger partial charge in [0.25, 0.3) is 0 Å². The summed E-state index contributed by atoms with van der Waals surface area (Å²) in [5.41, 5.74) is 0.916. The summed E-state index contributed by atoms with van der Waals surface area (Å²) in [5, 5.41) is 12.3. The van der Waals surface area contributed by atoms with Crippen molar-refractivity contribution in [3.63, 3.8) is 0 Å². The van der Waals surface area contributed by atoms with E-state index in [4.69, 9.17) is 9.47 Å². The molecule has 1 aliphatic carbocycles. The molecule has 174 valence electrons. The molecule has 2 N–H and O–H groups in total. The van der Waals surface area contributed by atoms with Crippen LogP contribution in [0.25, 0.3) is 0 Å². The first-order valence-electron chi connectivity index (χ1n) is 11.3. The molecule has 1 unspecified atom stereocenters. The van der Waals surface area contributed by atoms with Crippen LogP contribution in [0, 0.1) is 11.3 Å². The molecule has 0 spiro atoms. The Morgan fingerprint density at radius 2 is 1.90 bits per heavy atom. The molecule has 1 aliphatic rings. The van der Waals surface area contributed by atoms with Crippen LogP contribution in [-0.4, -0.2) is 61.0 Å². The summed E-state index contributed by atoms with van der Waals surface area (Å²) in [4.78, 5) is 25.8. The summed E-state index contributed by atoms with van der Waals surface area (Å²) in [5.74, 6) is 0.330. The predicted octanol–water partition coefficient (Wildman–Crippen LogP) is 3.96. The zero-order chi connectivity index (χ0) is 22.9. The normalized spacial score (nSPS) is 15.1. The van der Waals surface area contributed by atoms with Crippen LogP contribution in [0.5, 0.6) is 5.75 Å². The average molecular weight is 435 g/mol. The van der Waals surface area contributed by atoms with E-state index in [-0.39, 0.29) is 11.4 Å². The van der Waals surface area contributed by atoms with Crippen LogP contribution in [0.15, 0.2) is 24.3 Å². The standard InChI is InChI=1S/C24H38N2O5/c1-5-30-21(22(27)28)15-18-9-11-20(12-10-18)31-14-13-26(16-19-7-6-8-19)23(29)25-17-24(2,3)4/h9-12,19,21H,5-8,13-17H2,1-4H3,(H,25,29)(H,27,28). The van der Waals surface area contributed by atoms with Gasteiger partial charge in [0, 0.05) is 26.1 Å². The van der Waals surface area contributed by atoms with E-state index in [1.807, 2.05) is 29.2 Å². The van der Waals surface area contributed by atoms with Crippen molar-refractivity contribution in [1.29, 1.82) is 0 Å². The number of urea groups is 1. The van der Waals surface area contributed by atoms with Gasteiger partial charge in [-0.25, -0.2) is 9.59 Å². The van der Waals surface area contributed by atoms with Gasteiger partial charge in [0.15, 0.2) is 6.10 Å². The fourth-order valence-electron chi connectivity index (χ4n) is 3.34. The zero-order valence-corrected chi connectivity index (χ0v) is 19.4. The Morgan fingerprint density at radius 3 is 2.42 bits per heavy atom. The van der Waals surface area contributed by atoms with E-state index in [9.17, 15) is 14.7 Å². The van der Waals surface area contributed by atoms with Crippen LogP contribution in [0.4, 0.5) is 4.79 Å². The van der Waals surface area contributed by atoms with Crippen LogP contribution in [-0.2, 0) is 16.0 Å². The molecule has 0 aliphatic heterocycles. The van der Waals surface area contributed by atoms with Crippen molar-refractivity contribution >= 4 is 12.0 Å². The highest BCUT2D eigenvalue weighted by Crippen LogP contribution is 2.27. The van der Waals surface area contributed by atoms with Gasteiger partial charge in [-0.3, -0.25) is 0 Å². The number of ether oxygens (including phenoxy) is 2. The van der Waals surface area contributed by atoms with Gasteiger partial charge < -0.3 is 24.8 Å². The van der Waals surface area contributed by atoms with Crippen LogP contribution in [0.3, 0.4) is 0 Å². The molecule has 7 nitrogen and oxygen atoms in total. The molecule has 0 radical (unpaired) electrons. The number of hydrogen-bond donors (Lipinski definition) is 2. The lowest BCUT2D eigenvalue weighted by Gasteiger charge is -2.33. The predicted molar refractivity (Wildman–Crippen MR) is 120 cm³/mol. The molecule has 1 aromatic rings. The van der Waals surface area contributed by atoms with Crippen molar-refractivity contribution in [3.8, 4) is 5.75 Å². The minimum atomic E-state index is -0.960. The van der Waals surface area contributed by atoms with Gasteiger partial charge in [-0.2, -0.15) is 0 Å². The molecule has 2 amide bonds. The Kier molecular flexibility index (Phi) is 9.62. The van der Waals surface area contributed by atoms with Crippen molar-refractivity contribution in [2.45, 2.75) is 59.5 Å². The molecule has 0 saturated heterocycles. The van der Waals surface area contributed by atoms with Gasteiger partial charge in [-0.15, -0.1) is 0 Å². The second-order valence-electron chi connectivity index (χ2n) is 9.44. The number of carbonyl (C=O) groups is 2. The Bertz CT molecular complexity index is 695. The second kappa shape index (κ2) is 11.9. The number of hydrogen-bond acceptors (Lipinski definition) is 4. The highest BCUT2D eigenvalue weighted by atomic mass is 16.5. The van der Waals surface area contributed by atoms with E-state index in [1.165, 1.54) is 19.3 Å². The van der Waals surface area contributed by atoms with Crippen molar-refractivity contribution < 1.29 is 24.2 Å². The summed E-state index contributed by atoms with van der Waals surface area (Å²) in [6, 6.07) is 7.34. The topological polar surface area (TPSA) is 88.1 Å². The van der Waals surface area contributed by atoms with E-state index in [0.29, 0.717) is 44.4 Å². The number of carboxylic acid groups (broad SMARTS) is 1. The fraction of sp³-hybridized carbons (Fsp3) is 0.667. The van der Waals surface area contributed by atoms with Crippen LogP contribution < -0.4 is 10.1 Å². The number of carbonyl (C=O) groups excluding carboxylic acids is 1. The quantitative estimate of drug-likeness (QED) is 0.520. The van der Waals surface area contributed by atoms with Gasteiger partial charge in [0.2, 0.25) is 0 Å². The molecule has 0 bridgehead atoms. The van der Waals surface area contributed by atoms with Gasteiger partial charge in [0.05, 0.1) is 6.54 Å². The highest BCUT2D eigenvalue weighted by Gasteiger charge is 2.24. The number of amides is 2. The third kappa shape index (κ3) is 9.17. The molecular weight excluding hydrogens is 396 g/mol. The number of aliphatic carboxylic acids is 1. The smallest absolute Gasteiger partial charge is 0.333 e. The molecule has 2 rings (SSSR count). The first kappa shape index (κ1) is 25.0. The van der Waals surface area contributed by atoms with Crippen LogP contribution >= 0.6 is 0 Å². The summed E-state index contributed by atoms with van der Waals surface area (Å²) in [6.07, 6.45) is 3.09. The lowest BCUT2D eigenvalue weighted by Crippen LogP contribution is -2.47. The molecule has 7 heteroatoms. The zero-order valence-electron chi connectivity index (χ0n) is 19.4. The summed E-state index contributed by atoms with van der Waals surface area (Å²) >= 11 is 0. The van der Waals surface area contributed by atoms with Crippen LogP contribution in [0.1, 0.15) is 52.5 Å². The second-order valence-corrected chi connectivity index (χ2v) is 9.44. The minimum absolute atomic E-state index is 0.0311. The van der Waals surface area contributed by atoms with Crippen molar-refractivity contribution in [2.75, 3.05) is 32.8 Å². The first-order valence-corrected chi connectivity index (χ1v) is 11.3. The maximum Gasteiger partial charge on any atom is 0.333 e. The van der Waals surface area contributed by atoms with Crippen molar-refractivity contribution in [1.82, 2.24) is 10.2 Å². The molecule has 0 aromatic heterocycles. The van der Waals surface area contributed by atoms with Gasteiger partial charge in [-0.1, -0.05) is 39.3 Å². The molecule has 1 aromatic carbocycles. The van der Waals surface area contributed by atoms with Gasteiger partial charge in [0.1, 0.15) is 12.4 Å². The Hall–Kier alpha value is -2.28. The van der Waals surface area contributed by atoms with Crippen LogP contribution in [0.2, 0.25) is 0 Å². The fourth-order valence-corrected chi connectivity index (χ4v) is 3.34. The maximum absolute atomic E-state index is 12.7. The minimum Gasteiger partial charge on any atom is -0.492 e. The largest absolute Gasteiger partial charge is 0.492 e. The molecule has 1 fully saturated rings. The third-order valence-corrected chi connectivity index (χ3v) is 5.38. The van der Waals surface area contributed by atoms with Crippen molar-refractivity contribution in [2.24, 2.45) is 11.3 Å². The summed E-state index contributed by atoms with van der Waals surface area (Å²) in [7, 11) is 0. The van der Waals surface area contributed by atoms with E-state index >= 15 is 0 Å². The first-order chi connectivity index (χ1) is 14.7. The van der Waals surface area contributed by atoms with Gasteiger partial charge in [-0.05, 0) is 48.8 Å². The third-order valence-electron chi connectivity index (χ3n) is 5.38. The van der Waals surface area contributed by atoms with E-state index in [0.717, 1.165) is 12.1 Å². The lowest BCUT2D eigenvalue weighted by molar-refractivity contribution is -0.149. The van der Waals surface area contributed by atoms with Gasteiger partial charge >= 0.3 is 12.0 Å². The number of rotatable bonds is 12.